The minimum atomic E-state index is -1.11. The lowest BCUT2D eigenvalue weighted by Gasteiger charge is -2.39. The van der Waals surface area contributed by atoms with Gasteiger partial charge in [-0.1, -0.05) is 133 Å². The number of rotatable bonds is 12. The van der Waals surface area contributed by atoms with E-state index in [1.165, 1.54) is 0 Å². The van der Waals surface area contributed by atoms with Gasteiger partial charge >= 0.3 is 0 Å². The fourth-order valence-electron chi connectivity index (χ4n) is 4.52. The summed E-state index contributed by atoms with van der Waals surface area (Å²) in [4.78, 5) is 28.8. The van der Waals surface area contributed by atoms with Crippen molar-refractivity contribution in [2.75, 3.05) is 0 Å². The summed E-state index contributed by atoms with van der Waals surface area (Å²) in [5.74, 6) is -0.861. The Bertz CT molecular complexity index is 1320. The van der Waals surface area contributed by atoms with Crippen molar-refractivity contribution in [2.45, 2.75) is 38.0 Å². The molecule has 2 amide bonds. The van der Waals surface area contributed by atoms with Crippen LogP contribution in [0.5, 0.6) is 0 Å². The predicted molar refractivity (Wildman–Crippen MR) is 157 cm³/mol. The molecule has 39 heavy (non-hydrogen) atoms. The van der Waals surface area contributed by atoms with Crippen LogP contribution in [-0.4, -0.2) is 28.3 Å². The first kappa shape index (κ1) is 27.6. The lowest BCUT2D eigenvalue weighted by molar-refractivity contribution is -0.134. The number of primary amides is 1. The van der Waals surface area contributed by atoms with Gasteiger partial charge in [0.15, 0.2) is 0 Å². The molecule has 5 nitrogen and oxygen atoms in total. The molecule has 0 saturated carbocycles. The van der Waals surface area contributed by atoms with Crippen LogP contribution in [0.1, 0.15) is 29.2 Å². The number of nitrogens with zero attached hydrogens (tertiary/aromatic N) is 1. The van der Waals surface area contributed by atoms with Crippen LogP contribution in [0.15, 0.2) is 127 Å². The standard InChI is InChI=1S/C34H35N3O2/c1-34(23-22-27-14-6-2-7-15-27,33(39)36-31(32(35)38)24-28-16-8-3-9-17-28)37(25-29-18-10-4-11-19-29)26-30-20-12-5-13-21-30/h2-23,31H,24-26H2,1H3,(H2,35,38)(H,36,39)/b23-22-/t31-,34-/m1/s1. The molecule has 3 N–H and O–H groups in total. The van der Waals surface area contributed by atoms with E-state index < -0.39 is 17.5 Å². The minimum absolute atomic E-state index is 0.290. The molecule has 4 aromatic rings. The fourth-order valence-corrected chi connectivity index (χ4v) is 4.52. The van der Waals surface area contributed by atoms with E-state index in [0.29, 0.717) is 19.5 Å². The minimum Gasteiger partial charge on any atom is -0.368 e. The molecule has 0 fully saturated rings. The molecule has 198 valence electrons. The summed E-state index contributed by atoms with van der Waals surface area (Å²) in [7, 11) is 0. The summed E-state index contributed by atoms with van der Waals surface area (Å²) < 4.78 is 0. The highest BCUT2D eigenvalue weighted by molar-refractivity contribution is 5.93. The third kappa shape index (κ3) is 7.76. The Labute approximate surface area is 231 Å². The third-order valence-electron chi connectivity index (χ3n) is 6.88. The largest absolute Gasteiger partial charge is 0.368 e. The summed E-state index contributed by atoms with van der Waals surface area (Å²) in [6.45, 7) is 2.95. The molecule has 0 radical (unpaired) electrons. The molecule has 0 aliphatic carbocycles. The lowest BCUT2D eigenvalue weighted by atomic mass is 9.93. The topological polar surface area (TPSA) is 75.4 Å². The second-order valence-electron chi connectivity index (χ2n) is 9.84. The summed E-state index contributed by atoms with van der Waals surface area (Å²) in [6, 6.07) is 38.8. The zero-order valence-corrected chi connectivity index (χ0v) is 22.2. The van der Waals surface area contributed by atoms with E-state index in [9.17, 15) is 9.59 Å². The van der Waals surface area contributed by atoms with E-state index in [1.807, 2.05) is 116 Å². The Morgan fingerprint density at radius 3 is 1.64 bits per heavy atom. The van der Waals surface area contributed by atoms with Gasteiger partial charge < -0.3 is 11.1 Å². The molecule has 0 heterocycles. The van der Waals surface area contributed by atoms with Crippen molar-refractivity contribution in [3.63, 3.8) is 0 Å². The molecule has 0 aromatic heterocycles. The molecule has 0 aliphatic heterocycles. The number of carbonyl (C=O) groups excluding carboxylic acids is 2. The first-order chi connectivity index (χ1) is 18.9. The van der Waals surface area contributed by atoms with Crippen LogP contribution >= 0.6 is 0 Å². The highest BCUT2D eigenvalue weighted by Gasteiger charge is 2.39. The zero-order chi connectivity index (χ0) is 27.5. The first-order valence-electron chi connectivity index (χ1n) is 13.2. The van der Waals surface area contributed by atoms with Crippen molar-refractivity contribution < 1.29 is 9.59 Å². The average Bonchev–Trinajstić information content (AvgIpc) is 2.97. The second kappa shape index (κ2) is 13.4. The maximum atomic E-state index is 14.2. The van der Waals surface area contributed by atoms with Gasteiger partial charge in [-0.15, -0.1) is 0 Å². The second-order valence-corrected chi connectivity index (χ2v) is 9.84. The van der Waals surface area contributed by atoms with E-state index in [1.54, 1.807) is 0 Å². The molecule has 2 atom stereocenters. The van der Waals surface area contributed by atoms with Gasteiger partial charge in [0.1, 0.15) is 11.6 Å². The van der Waals surface area contributed by atoms with E-state index in [-0.39, 0.29) is 5.91 Å². The van der Waals surface area contributed by atoms with E-state index >= 15 is 0 Å². The van der Waals surface area contributed by atoms with Gasteiger partial charge in [-0.3, -0.25) is 14.5 Å². The Morgan fingerprint density at radius 1 is 0.744 bits per heavy atom. The van der Waals surface area contributed by atoms with Gasteiger partial charge in [0.05, 0.1) is 0 Å². The van der Waals surface area contributed by atoms with Crippen LogP contribution in [0.4, 0.5) is 0 Å². The summed E-state index contributed by atoms with van der Waals surface area (Å²) >= 11 is 0. The van der Waals surface area contributed by atoms with Gasteiger partial charge in [-0.2, -0.15) is 0 Å². The molecule has 5 heteroatoms. The van der Waals surface area contributed by atoms with Crippen LogP contribution in [0.25, 0.3) is 6.08 Å². The number of nitrogens with two attached hydrogens (primary N) is 1. The summed E-state index contributed by atoms with van der Waals surface area (Å²) in [5.41, 5.74) is 8.74. The van der Waals surface area contributed by atoms with Crippen LogP contribution in [-0.2, 0) is 29.1 Å². The van der Waals surface area contributed by atoms with Crippen molar-refractivity contribution in [1.29, 1.82) is 0 Å². The molecule has 0 spiro atoms. The molecule has 0 unspecified atom stereocenters. The average molecular weight is 518 g/mol. The monoisotopic (exact) mass is 517 g/mol. The summed E-state index contributed by atoms with van der Waals surface area (Å²) in [6.07, 6.45) is 4.20. The lowest BCUT2D eigenvalue weighted by Crippen LogP contribution is -2.59. The molecule has 0 aliphatic rings. The third-order valence-corrected chi connectivity index (χ3v) is 6.88. The van der Waals surface area contributed by atoms with Gasteiger partial charge in [-0.25, -0.2) is 0 Å². The number of hydrogen-bond donors (Lipinski definition) is 2. The van der Waals surface area contributed by atoms with Gasteiger partial charge in [0, 0.05) is 19.5 Å². The SMILES string of the molecule is C[C@@](/C=C\c1ccccc1)(C(=O)N[C@H](Cc1ccccc1)C(N)=O)N(Cc1ccccc1)Cc1ccccc1. The molecule has 4 aromatic carbocycles. The summed E-state index contributed by atoms with van der Waals surface area (Å²) in [5, 5.41) is 2.99. The van der Waals surface area contributed by atoms with Gasteiger partial charge in [-0.05, 0) is 29.2 Å². The van der Waals surface area contributed by atoms with E-state index in [2.05, 4.69) is 34.5 Å². The quantitative estimate of drug-likeness (QED) is 0.265. The number of amides is 2. The van der Waals surface area contributed by atoms with Crippen molar-refractivity contribution >= 4 is 17.9 Å². The fraction of sp³-hybridized carbons (Fsp3) is 0.176. The van der Waals surface area contributed by atoms with Crippen molar-refractivity contribution in [2.24, 2.45) is 5.73 Å². The normalized spacial score (nSPS) is 13.6. The van der Waals surface area contributed by atoms with E-state index in [0.717, 1.165) is 22.3 Å². The van der Waals surface area contributed by atoms with Crippen LogP contribution in [0.2, 0.25) is 0 Å². The molecule has 0 saturated heterocycles. The highest BCUT2D eigenvalue weighted by atomic mass is 16.2. The zero-order valence-electron chi connectivity index (χ0n) is 22.2. The Morgan fingerprint density at radius 2 is 1.18 bits per heavy atom. The van der Waals surface area contributed by atoms with Crippen LogP contribution in [0.3, 0.4) is 0 Å². The first-order valence-corrected chi connectivity index (χ1v) is 13.2. The number of benzene rings is 4. The van der Waals surface area contributed by atoms with Crippen molar-refractivity contribution in [1.82, 2.24) is 10.2 Å². The number of nitrogens with one attached hydrogen (secondary N) is 1. The Kier molecular flexibility index (Phi) is 9.44. The molecular weight excluding hydrogens is 482 g/mol. The van der Waals surface area contributed by atoms with Gasteiger partial charge in [0.2, 0.25) is 11.8 Å². The maximum absolute atomic E-state index is 14.2. The highest BCUT2D eigenvalue weighted by Crippen LogP contribution is 2.25. The number of carbonyl (C=O) groups is 2. The van der Waals surface area contributed by atoms with Gasteiger partial charge in [0.25, 0.3) is 0 Å². The maximum Gasteiger partial charge on any atom is 0.244 e. The molecule has 0 bridgehead atoms. The van der Waals surface area contributed by atoms with Crippen LogP contribution in [0, 0.1) is 0 Å². The molecular formula is C34H35N3O2. The van der Waals surface area contributed by atoms with Crippen molar-refractivity contribution in [3.05, 3.63) is 150 Å². The van der Waals surface area contributed by atoms with Crippen LogP contribution < -0.4 is 11.1 Å². The Balaban J connectivity index is 1.71. The number of hydrogen-bond acceptors (Lipinski definition) is 3. The predicted octanol–water partition coefficient (Wildman–Crippen LogP) is 5.37. The van der Waals surface area contributed by atoms with Crippen molar-refractivity contribution in [3.8, 4) is 0 Å². The van der Waals surface area contributed by atoms with E-state index in [4.69, 9.17) is 5.73 Å². The smallest absolute Gasteiger partial charge is 0.244 e. The molecule has 4 rings (SSSR count). The Hall–Kier alpha value is -4.48.